The van der Waals surface area contributed by atoms with Gasteiger partial charge >= 0.3 is 0 Å². The van der Waals surface area contributed by atoms with Crippen LogP contribution in [0.3, 0.4) is 0 Å². The van der Waals surface area contributed by atoms with Crippen LogP contribution in [0, 0.1) is 5.82 Å². The van der Waals surface area contributed by atoms with Crippen molar-refractivity contribution in [3.63, 3.8) is 0 Å². The average Bonchev–Trinajstić information content (AvgIpc) is 3.02. The highest BCUT2D eigenvalue weighted by atomic mass is 32.1. The zero-order valence-electron chi connectivity index (χ0n) is 11.2. The zero-order valence-corrected chi connectivity index (χ0v) is 12.0. The number of rotatable bonds is 2. The summed E-state index contributed by atoms with van der Waals surface area (Å²) in [5.41, 5.74) is 1.22. The molecule has 2 fully saturated rings. The van der Waals surface area contributed by atoms with Gasteiger partial charge in [-0.2, -0.15) is 0 Å². The van der Waals surface area contributed by atoms with Crippen molar-refractivity contribution in [3.8, 4) is 0 Å². The zero-order chi connectivity index (χ0) is 13.7. The molecule has 3 heterocycles. The molecule has 6 heteroatoms. The lowest BCUT2D eigenvalue weighted by Crippen LogP contribution is -2.42. The number of ether oxygens (including phenoxy) is 1. The van der Waals surface area contributed by atoms with E-state index >= 15 is 0 Å². The Morgan fingerprint density at radius 1 is 1.35 bits per heavy atom. The number of benzene rings is 1. The van der Waals surface area contributed by atoms with Crippen molar-refractivity contribution in [1.82, 2.24) is 4.98 Å². The van der Waals surface area contributed by atoms with Crippen molar-refractivity contribution in [2.24, 2.45) is 0 Å². The van der Waals surface area contributed by atoms with Crippen LogP contribution in [0.4, 0.5) is 15.2 Å². The highest BCUT2D eigenvalue weighted by molar-refractivity contribution is 7.22. The summed E-state index contributed by atoms with van der Waals surface area (Å²) in [7, 11) is 1.73. The molecule has 2 unspecified atom stereocenters. The third-order valence-electron chi connectivity index (χ3n) is 4.06. The number of nitrogens with zero attached hydrogens (tertiary/aromatic N) is 2. The van der Waals surface area contributed by atoms with Crippen molar-refractivity contribution in [2.45, 2.75) is 25.0 Å². The Bertz CT molecular complexity index is 647. The molecule has 2 aliphatic heterocycles. The molecule has 0 amide bonds. The smallest absolute Gasteiger partial charge is 0.186 e. The first-order valence-electron chi connectivity index (χ1n) is 6.92. The fraction of sp³-hybridized carbons (Fsp3) is 0.500. The number of thiazole rings is 1. The molecule has 1 aromatic heterocycles. The Hall–Kier alpha value is -1.40. The van der Waals surface area contributed by atoms with E-state index in [4.69, 9.17) is 4.74 Å². The first-order valence-corrected chi connectivity index (χ1v) is 7.73. The molecular weight excluding hydrogens is 277 g/mol. The van der Waals surface area contributed by atoms with Crippen LogP contribution in [-0.4, -0.2) is 37.3 Å². The van der Waals surface area contributed by atoms with Gasteiger partial charge in [-0.3, -0.25) is 0 Å². The maximum absolute atomic E-state index is 13.8. The topological polar surface area (TPSA) is 37.4 Å². The van der Waals surface area contributed by atoms with E-state index in [1.54, 1.807) is 18.4 Å². The maximum atomic E-state index is 13.8. The Kier molecular flexibility index (Phi) is 2.82. The van der Waals surface area contributed by atoms with Gasteiger partial charge in [-0.05, 0) is 25.0 Å². The number of aromatic nitrogens is 1. The fourth-order valence-electron chi connectivity index (χ4n) is 3.10. The molecule has 2 atom stereocenters. The largest absolute Gasteiger partial charge is 0.384 e. The third-order valence-corrected chi connectivity index (χ3v) is 5.14. The summed E-state index contributed by atoms with van der Waals surface area (Å²) in [5, 5.41) is 3.88. The average molecular weight is 293 g/mol. The number of halogens is 1. The number of nitrogens with one attached hydrogen (secondary N) is 1. The number of hydrogen-bond acceptors (Lipinski definition) is 5. The number of anilines is 2. The van der Waals surface area contributed by atoms with Gasteiger partial charge in [0, 0.05) is 20.1 Å². The second kappa shape index (κ2) is 4.56. The number of fused-ring (bicyclic) bond motifs is 3. The summed E-state index contributed by atoms with van der Waals surface area (Å²) >= 11 is 1.63. The fourth-order valence-corrected chi connectivity index (χ4v) is 4.09. The van der Waals surface area contributed by atoms with Crippen molar-refractivity contribution >= 4 is 32.4 Å². The molecule has 4 nitrogen and oxygen atoms in total. The minimum absolute atomic E-state index is 0.251. The molecule has 1 N–H and O–H groups in total. The first kappa shape index (κ1) is 12.3. The summed E-state index contributed by atoms with van der Waals surface area (Å²) in [6.45, 7) is 1.79. The molecule has 106 valence electrons. The van der Waals surface area contributed by atoms with Crippen LogP contribution in [0.5, 0.6) is 0 Å². The summed E-state index contributed by atoms with van der Waals surface area (Å²) in [6, 6.07) is 3.31. The van der Waals surface area contributed by atoms with Gasteiger partial charge < -0.3 is 15.0 Å². The van der Waals surface area contributed by atoms with E-state index in [2.05, 4.69) is 15.2 Å². The van der Waals surface area contributed by atoms with E-state index in [0.29, 0.717) is 17.9 Å². The molecule has 0 spiro atoms. The van der Waals surface area contributed by atoms with Crippen LogP contribution in [-0.2, 0) is 4.74 Å². The Labute approximate surface area is 120 Å². The van der Waals surface area contributed by atoms with Gasteiger partial charge in [-0.25, -0.2) is 9.37 Å². The van der Waals surface area contributed by atoms with Crippen molar-refractivity contribution < 1.29 is 9.13 Å². The molecule has 2 bridgehead atoms. The van der Waals surface area contributed by atoms with Crippen molar-refractivity contribution in [3.05, 3.63) is 17.9 Å². The van der Waals surface area contributed by atoms with E-state index in [0.717, 1.165) is 41.3 Å². The van der Waals surface area contributed by atoms with Crippen LogP contribution >= 0.6 is 11.3 Å². The maximum Gasteiger partial charge on any atom is 0.186 e. The predicted octanol–water partition coefficient (Wildman–Crippen LogP) is 2.84. The lowest BCUT2D eigenvalue weighted by Gasteiger charge is -2.31. The normalized spacial score (nSPS) is 25.4. The van der Waals surface area contributed by atoms with Gasteiger partial charge in [0.2, 0.25) is 0 Å². The minimum Gasteiger partial charge on any atom is -0.384 e. The highest BCUT2D eigenvalue weighted by Crippen LogP contribution is 2.37. The van der Waals surface area contributed by atoms with Gasteiger partial charge in [0.25, 0.3) is 0 Å². The van der Waals surface area contributed by atoms with Gasteiger partial charge in [0.05, 0.1) is 22.6 Å². The molecule has 2 saturated heterocycles. The van der Waals surface area contributed by atoms with Gasteiger partial charge in [0.1, 0.15) is 11.3 Å². The van der Waals surface area contributed by atoms with E-state index in [1.807, 2.05) is 6.07 Å². The summed E-state index contributed by atoms with van der Waals surface area (Å²) in [6.07, 6.45) is 2.95. The van der Waals surface area contributed by atoms with Gasteiger partial charge in [0.15, 0.2) is 5.13 Å². The molecule has 1 aromatic carbocycles. The van der Waals surface area contributed by atoms with E-state index < -0.39 is 0 Å². The van der Waals surface area contributed by atoms with E-state index in [-0.39, 0.29) is 5.82 Å². The standard InChI is InChI=1S/C14H16FN3OS/c1-16-12-10(15)4-5-11-13(12)17-14(20-11)18-6-8-2-3-9(7-18)19-8/h4-5,8-9,16H,2-3,6-7H2,1H3. The summed E-state index contributed by atoms with van der Waals surface area (Å²) < 4.78 is 20.6. The predicted molar refractivity (Wildman–Crippen MR) is 79.2 cm³/mol. The van der Waals surface area contributed by atoms with Crippen LogP contribution in [0.15, 0.2) is 12.1 Å². The van der Waals surface area contributed by atoms with Crippen LogP contribution in [0.2, 0.25) is 0 Å². The van der Waals surface area contributed by atoms with E-state index in [1.165, 1.54) is 6.07 Å². The second-order valence-electron chi connectivity index (χ2n) is 5.38. The number of morpholine rings is 1. The quantitative estimate of drug-likeness (QED) is 0.924. The molecule has 0 saturated carbocycles. The van der Waals surface area contributed by atoms with Gasteiger partial charge in [-0.15, -0.1) is 0 Å². The van der Waals surface area contributed by atoms with Crippen LogP contribution < -0.4 is 10.2 Å². The lowest BCUT2D eigenvalue weighted by atomic mass is 10.2. The van der Waals surface area contributed by atoms with Crippen molar-refractivity contribution in [2.75, 3.05) is 30.4 Å². The Morgan fingerprint density at radius 2 is 2.10 bits per heavy atom. The molecule has 0 radical (unpaired) electrons. The number of hydrogen-bond donors (Lipinski definition) is 1. The van der Waals surface area contributed by atoms with Crippen LogP contribution in [0.25, 0.3) is 10.2 Å². The van der Waals surface area contributed by atoms with Gasteiger partial charge in [-0.1, -0.05) is 11.3 Å². The molecule has 4 rings (SSSR count). The monoisotopic (exact) mass is 293 g/mol. The summed E-state index contributed by atoms with van der Waals surface area (Å²) in [4.78, 5) is 6.94. The molecule has 20 heavy (non-hydrogen) atoms. The SMILES string of the molecule is CNc1c(F)ccc2sc(N3CC4CCC(C3)O4)nc12. The second-order valence-corrected chi connectivity index (χ2v) is 6.39. The molecule has 2 aliphatic rings. The molecule has 2 aromatic rings. The summed E-state index contributed by atoms with van der Waals surface area (Å²) in [5.74, 6) is -0.251. The Balaban J connectivity index is 1.74. The van der Waals surface area contributed by atoms with E-state index in [9.17, 15) is 4.39 Å². The van der Waals surface area contributed by atoms with Crippen LogP contribution in [0.1, 0.15) is 12.8 Å². The Morgan fingerprint density at radius 3 is 2.80 bits per heavy atom. The van der Waals surface area contributed by atoms with Crippen molar-refractivity contribution in [1.29, 1.82) is 0 Å². The minimum atomic E-state index is -0.251. The molecule has 0 aliphatic carbocycles. The lowest BCUT2D eigenvalue weighted by molar-refractivity contribution is 0.0305. The first-order chi connectivity index (χ1) is 9.74. The highest BCUT2D eigenvalue weighted by Gasteiger charge is 2.34. The third kappa shape index (κ3) is 1.86. The molecular formula is C14H16FN3OS.